The summed E-state index contributed by atoms with van der Waals surface area (Å²) < 4.78 is 38.9. The number of nitrogens with one attached hydrogen (secondary N) is 2. The lowest BCUT2D eigenvalue weighted by Crippen LogP contribution is -2.27. The molecule has 1 aliphatic rings. The molecule has 206 valence electrons. The van der Waals surface area contributed by atoms with Crippen LogP contribution in [0.4, 0.5) is 11.4 Å². The molecule has 9 nitrogen and oxygen atoms in total. The van der Waals surface area contributed by atoms with Gasteiger partial charge >= 0.3 is 0 Å². The van der Waals surface area contributed by atoms with E-state index in [0.717, 1.165) is 5.56 Å². The van der Waals surface area contributed by atoms with Crippen molar-refractivity contribution in [1.82, 2.24) is 4.90 Å². The quantitative estimate of drug-likeness (QED) is 0.255. The van der Waals surface area contributed by atoms with Gasteiger partial charge < -0.3 is 19.4 Å². The Morgan fingerprint density at radius 1 is 1.00 bits per heavy atom. The number of sulfonamides is 1. The normalized spacial score (nSPS) is 15.2. The highest BCUT2D eigenvalue weighted by atomic mass is 32.2. The van der Waals surface area contributed by atoms with Crippen LogP contribution in [0.25, 0.3) is 0 Å². The maximum absolute atomic E-state index is 12.8. The number of anilines is 2. The van der Waals surface area contributed by atoms with Gasteiger partial charge in [-0.25, -0.2) is 8.42 Å². The van der Waals surface area contributed by atoms with Gasteiger partial charge in [-0.1, -0.05) is 12.1 Å². The summed E-state index contributed by atoms with van der Waals surface area (Å²) in [6.07, 6.45) is 1.58. The number of thioether (sulfide) groups is 1. The molecule has 0 bridgehead atoms. The lowest BCUT2D eigenvalue weighted by atomic mass is 10.1. The summed E-state index contributed by atoms with van der Waals surface area (Å²) in [6, 6.07) is 23.3. The smallest absolute Gasteiger partial charge is 0.261 e. The Balaban J connectivity index is 1.20. The van der Waals surface area contributed by atoms with Crippen LogP contribution in [0.15, 0.2) is 101 Å². The van der Waals surface area contributed by atoms with Gasteiger partial charge in [0.25, 0.3) is 15.9 Å². The first kappa shape index (κ1) is 27.4. The maximum Gasteiger partial charge on any atom is 0.261 e. The Hall–Kier alpha value is -4.22. The van der Waals surface area contributed by atoms with Gasteiger partial charge in [-0.3, -0.25) is 14.3 Å². The monoisotopic (exact) mass is 577 g/mol. The number of carbonyl (C=O) groups excluding carboxylic acids is 2. The molecular weight excluding hydrogens is 550 g/mol. The van der Waals surface area contributed by atoms with Crippen LogP contribution < -0.4 is 14.8 Å². The van der Waals surface area contributed by atoms with Gasteiger partial charge in [-0.05, 0) is 85.3 Å². The highest BCUT2D eigenvalue weighted by Crippen LogP contribution is 2.39. The molecule has 1 aliphatic heterocycles. The van der Waals surface area contributed by atoms with Crippen molar-refractivity contribution in [1.29, 1.82) is 0 Å². The molecule has 2 heterocycles. The minimum Gasteiger partial charge on any atom is -0.494 e. The van der Waals surface area contributed by atoms with Crippen LogP contribution in [0, 0.1) is 0 Å². The van der Waals surface area contributed by atoms with Gasteiger partial charge in [0.1, 0.15) is 16.9 Å². The van der Waals surface area contributed by atoms with E-state index in [9.17, 15) is 18.0 Å². The lowest BCUT2D eigenvalue weighted by molar-refractivity contribution is -0.128. The number of rotatable bonds is 10. The average Bonchev–Trinajstić information content (AvgIpc) is 3.60. The van der Waals surface area contributed by atoms with Crippen molar-refractivity contribution in [2.45, 2.75) is 23.7 Å². The van der Waals surface area contributed by atoms with E-state index >= 15 is 0 Å². The largest absolute Gasteiger partial charge is 0.494 e. The van der Waals surface area contributed by atoms with Gasteiger partial charge in [0, 0.05) is 16.9 Å². The number of nitrogens with zero attached hydrogens (tertiary/aromatic N) is 1. The second-order valence-electron chi connectivity index (χ2n) is 8.93. The standard InChI is InChI=1S/C29H27N3O6S2/c1-2-37-24-13-9-23(10-14-24)31-40(35,36)26-15-11-22(12-16-26)30-28(34)20-5-7-21(8-6-20)29-32(27(33)19-39-29)18-25-4-3-17-38-25/h3-17,29,31H,2,18-19H2,1H3,(H,30,34)/t29-/m0/s1. The van der Waals surface area contributed by atoms with Gasteiger partial charge in [0.2, 0.25) is 5.91 Å². The zero-order valence-electron chi connectivity index (χ0n) is 21.6. The van der Waals surface area contributed by atoms with Crippen molar-refractivity contribution in [2.75, 3.05) is 22.4 Å². The van der Waals surface area contributed by atoms with Crippen LogP contribution in [0.5, 0.6) is 5.75 Å². The molecule has 4 aromatic rings. The molecule has 1 saturated heterocycles. The summed E-state index contributed by atoms with van der Waals surface area (Å²) in [6.45, 7) is 2.77. The fraction of sp³-hybridized carbons (Fsp3) is 0.172. The van der Waals surface area contributed by atoms with Gasteiger partial charge in [-0.15, -0.1) is 11.8 Å². The van der Waals surface area contributed by atoms with Crippen molar-refractivity contribution in [3.05, 3.63) is 108 Å². The number of ether oxygens (including phenoxy) is 1. The summed E-state index contributed by atoms with van der Waals surface area (Å²) in [5, 5.41) is 2.62. The number of furan rings is 1. The Kier molecular flexibility index (Phi) is 8.13. The number of hydrogen-bond acceptors (Lipinski definition) is 7. The van der Waals surface area contributed by atoms with E-state index in [1.54, 1.807) is 53.6 Å². The van der Waals surface area contributed by atoms with Crippen molar-refractivity contribution in [3.8, 4) is 5.75 Å². The predicted octanol–water partition coefficient (Wildman–Crippen LogP) is 5.51. The first-order chi connectivity index (χ1) is 19.3. The molecule has 2 amide bonds. The number of benzene rings is 3. The van der Waals surface area contributed by atoms with E-state index in [-0.39, 0.29) is 22.1 Å². The first-order valence-corrected chi connectivity index (χ1v) is 15.1. The summed E-state index contributed by atoms with van der Waals surface area (Å²) in [5.41, 5.74) is 2.21. The van der Waals surface area contributed by atoms with Crippen LogP contribution in [0.2, 0.25) is 0 Å². The van der Waals surface area contributed by atoms with E-state index in [1.165, 1.54) is 36.0 Å². The van der Waals surface area contributed by atoms with E-state index in [1.807, 2.05) is 25.1 Å². The highest BCUT2D eigenvalue weighted by molar-refractivity contribution is 8.00. The van der Waals surface area contributed by atoms with Gasteiger partial charge in [0.05, 0.1) is 30.1 Å². The van der Waals surface area contributed by atoms with Gasteiger partial charge in [-0.2, -0.15) is 0 Å². The SMILES string of the molecule is CCOc1ccc(NS(=O)(=O)c2ccc(NC(=O)c3ccc([C@@H]4SCC(=O)N4Cc4ccco4)cc3)cc2)cc1. The van der Waals surface area contributed by atoms with E-state index in [0.29, 0.717) is 47.4 Å². The van der Waals surface area contributed by atoms with Crippen molar-refractivity contribution >= 4 is 45.0 Å². The van der Waals surface area contributed by atoms with Crippen LogP contribution >= 0.6 is 11.8 Å². The highest BCUT2D eigenvalue weighted by Gasteiger charge is 2.33. The molecule has 0 unspecified atom stereocenters. The lowest BCUT2D eigenvalue weighted by Gasteiger charge is -2.23. The molecule has 0 radical (unpaired) electrons. The Morgan fingerprint density at radius 2 is 1.70 bits per heavy atom. The Labute approximate surface area is 236 Å². The fourth-order valence-corrected chi connectivity index (χ4v) is 6.44. The molecular formula is C29H27N3O6S2. The Morgan fingerprint density at radius 3 is 2.35 bits per heavy atom. The fourth-order valence-electron chi connectivity index (χ4n) is 4.19. The summed E-state index contributed by atoms with van der Waals surface area (Å²) in [4.78, 5) is 27.1. The van der Waals surface area contributed by atoms with Crippen LogP contribution in [-0.2, 0) is 21.4 Å². The topological polar surface area (TPSA) is 118 Å². The van der Waals surface area contributed by atoms with Gasteiger partial charge in [0.15, 0.2) is 0 Å². The van der Waals surface area contributed by atoms with Crippen LogP contribution in [0.3, 0.4) is 0 Å². The van der Waals surface area contributed by atoms with E-state index in [4.69, 9.17) is 9.15 Å². The summed E-state index contributed by atoms with van der Waals surface area (Å²) in [5.74, 6) is 1.45. The zero-order chi connectivity index (χ0) is 28.1. The third-order valence-corrected chi connectivity index (χ3v) is 8.83. The average molecular weight is 578 g/mol. The minimum atomic E-state index is -3.81. The predicted molar refractivity (Wildman–Crippen MR) is 154 cm³/mol. The van der Waals surface area contributed by atoms with Crippen molar-refractivity contribution < 1.29 is 27.2 Å². The van der Waals surface area contributed by atoms with Crippen LogP contribution in [0.1, 0.15) is 34.0 Å². The van der Waals surface area contributed by atoms with E-state index in [2.05, 4.69) is 10.0 Å². The number of carbonyl (C=O) groups is 2. The van der Waals surface area contributed by atoms with Crippen LogP contribution in [-0.4, -0.2) is 37.5 Å². The van der Waals surface area contributed by atoms with Crippen molar-refractivity contribution in [2.24, 2.45) is 0 Å². The molecule has 5 rings (SSSR count). The maximum atomic E-state index is 12.8. The molecule has 0 aliphatic carbocycles. The molecule has 40 heavy (non-hydrogen) atoms. The Bertz CT molecular complexity index is 1570. The summed E-state index contributed by atoms with van der Waals surface area (Å²) in [7, 11) is -3.81. The minimum absolute atomic E-state index is 0.0355. The molecule has 0 spiro atoms. The number of hydrogen-bond donors (Lipinski definition) is 2. The first-order valence-electron chi connectivity index (χ1n) is 12.5. The zero-order valence-corrected chi connectivity index (χ0v) is 23.2. The molecule has 1 aromatic heterocycles. The van der Waals surface area contributed by atoms with Crippen molar-refractivity contribution in [3.63, 3.8) is 0 Å². The molecule has 11 heteroatoms. The molecule has 0 saturated carbocycles. The molecule has 3 aromatic carbocycles. The second kappa shape index (κ2) is 11.9. The molecule has 1 atom stereocenters. The third kappa shape index (κ3) is 6.32. The van der Waals surface area contributed by atoms with E-state index < -0.39 is 10.0 Å². The third-order valence-electron chi connectivity index (χ3n) is 6.17. The molecule has 2 N–H and O–H groups in total. The molecule has 1 fully saturated rings. The second-order valence-corrected chi connectivity index (χ2v) is 11.7. The number of amides is 2. The summed E-state index contributed by atoms with van der Waals surface area (Å²) >= 11 is 1.53.